The van der Waals surface area contributed by atoms with Crippen LogP contribution in [0.3, 0.4) is 0 Å². The molecule has 3 rings (SSSR count). The minimum Gasteiger partial charge on any atom is -0.252 e. The molecule has 19 heavy (non-hydrogen) atoms. The summed E-state index contributed by atoms with van der Waals surface area (Å²) in [6, 6.07) is 23.2. The van der Waals surface area contributed by atoms with E-state index in [-0.39, 0.29) is 0 Å². The monoisotopic (exact) mass is 247 g/mol. The van der Waals surface area contributed by atoms with Crippen LogP contribution in [0.15, 0.2) is 66.7 Å². The summed E-state index contributed by atoms with van der Waals surface area (Å²) < 4.78 is 0. The highest BCUT2D eigenvalue weighted by atomic mass is 14.7. The molecule has 1 heteroatoms. The Morgan fingerprint density at radius 3 is 2.37 bits per heavy atom. The number of nitrogens with zero attached hydrogens (tertiary/aromatic N) is 1. The van der Waals surface area contributed by atoms with E-state index in [1.807, 2.05) is 6.07 Å². The van der Waals surface area contributed by atoms with Crippen molar-refractivity contribution in [2.75, 3.05) is 0 Å². The van der Waals surface area contributed by atoms with E-state index >= 15 is 0 Å². The predicted molar refractivity (Wildman–Crippen MR) is 80.3 cm³/mol. The lowest BCUT2D eigenvalue weighted by Gasteiger charge is -2.15. The van der Waals surface area contributed by atoms with Crippen LogP contribution >= 0.6 is 0 Å². The molecule has 0 radical (unpaired) electrons. The van der Waals surface area contributed by atoms with Gasteiger partial charge in [-0.1, -0.05) is 61.5 Å². The summed E-state index contributed by atoms with van der Waals surface area (Å²) in [4.78, 5) is 4.82. The average molecular weight is 247 g/mol. The van der Waals surface area contributed by atoms with Crippen molar-refractivity contribution in [2.24, 2.45) is 0 Å². The second kappa shape index (κ2) is 5.23. The molecule has 2 aromatic carbocycles. The molecule has 0 bridgehead atoms. The van der Waals surface area contributed by atoms with Gasteiger partial charge in [0.25, 0.3) is 0 Å². The van der Waals surface area contributed by atoms with Crippen LogP contribution in [0.2, 0.25) is 0 Å². The zero-order valence-electron chi connectivity index (χ0n) is 11.1. The van der Waals surface area contributed by atoms with Gasteiger partial charge in [-0.05, 0) is 24.1 Å². The van der Waals surface area contributed by atoms with E-state index in [1.165, 1.54) is 10.9 Å². The molecule has 0 fully saturated rings. The van der Waals surface area contributed by atoms with Crippen LogP contribution in [0.5, 0.6) is 0 Å². The third-order valence-electron chi connectivity index (χ3n) is 3.59. The van der Waals surface area contributed by atoms with Gasteiger partial charge in [0.1, 0.15) is 0 Å². The second-order valence-corrected chi connectivity index (χ2v) is 4.80. The van der Waals surface area contributed by atoms with Crippen molar-refractivity contribution in [3.63, 3.8) is 0 Å². The summed E-state index contributed by atoms with van der Waals surface area (Å²) in [5.41, 5.74) is 3.58. The van der Waals surface area contributed by atoms with Gasteiger partial charge in [0.2, 0.25) is 0 Å². The smallest absolute Gasteiger partial charge is 0.0705 e. The van der Waals surface area contributed by atoms with E-state index in [4.69, 9.17) is 4.98 Å². The third-order valence-corrected chi connectivity index (χ3v) is 3.59. The molecule has 0 saturated heterocycles. The number of rotatable bonds is 3. The Kier molecular flexibility index (Phi) is 3.28. The Hall–Kier alpha value is -2.15. The fraction of sp³-hybridized carbons (Fsp3) is 0.167. The topological polar surface area (TPSA) is 12.9 Å². The van der Waals surface area contributed by atoms with E-state index in [0.717, 1.165) is 17.6 Å². The van der Waals surface area contributed by atoms with Gasteiger partial charge in [0.15, 0.2) is 0 Å². The third kappa shape index (κ3) is 2.37. The van der Waals surface area contributed by atoms with Crippen LogP contribution in [0, 0.1) is 0 Å². The number of fused-ring (bicyclic) bond motifs is 1. The van der Waals surface area contributed by atoms with Gasteiger partial charge in [-0.25, -0.2) is 0 Å². The van der Waals surface area contributed by atoms with E-state index < -0.39 is 0 Å². The molecule has 0 N–H and O–H groups in total. The van der Waals surface area contributed by atoms with Gasteiger partial charge in [0.05, 0.1) is 5.52 Å². The van der Waals surface area contributed by atoms with Gasteiger partial charge in [-0.15, -0.1) is 0 Å². The van der Waals surface area contributed by atoms with Crippen molar-refractivity contribution >= 4 is 10.9 Å². The molecule has 94 valence electrons. The lowest BCUT2D eigenvalue weighted by molar-refractivity contribution is 0.754. The maximum absolute atomic E-state index is 4.82. The van der Waals surface area contributed by atoms with Crippen molar-refractivity contribution in [2.45, 2.75) is 19.3 Å². The molecule has 0 spiro atoms. The fourth-order valence-corrected chi connectivity index (χ4v) is 2.58. The Bertz CT molecular complexity index is 673. The van der Waals surface area contributed by atoms with Crippen molar-refractivity contribution in [1.29, 1.82) is 0 Å². The lowest BCUT2D eigenvalue weighted by atomic mass is 9.92. The Morgan fingerprint density at radius 2 is 1.58 bits per heavy atom. The van der Waals surface area contributed by atoms with Gasteiger partial charge >= 0.3 is 0 Å². The van der Waals surface area contributed by atoms with E-state index in [9.17, 15) is 0 Å². The Labute approximate surface area is 113 Å². The van der Waals surface area contributed by atoms with Crippen LogP contribution in [0.25, 0.3) is 10.9 Å². The highest BCUT2D eigenvalue weighted by Gasteiger charge is 2.13. The SMILES string of the molecule is CCC(c1ccccc1)c1ccc2ccccc2n1. The van der Waals surface area contributed by atoms with E-state index in [1.54, 1.807) is 0 Å². The molecular formula is C18H17N. The first-order valence-corrected chi connectivity index (χ1v) is 6.79. The summed E-state index contributed by atoms with van der Waals surface area (Å²) in [7, 11) is 0. The van der Waals surface area contributed by atoms with Crippen LogP contribution in [-0.4, -0.2) is 4.98 Å². The van der Waals surface area contributed by atoms with Gasteiger partial charge < -0.3 is 0 Å². The zero-order valence-corrected chi connectivity index (χ0v) is 11.1. The number of aromatic nitrogens is 1. The molecule has 1 aromatic heterocycles. The van der Waals surface area contributed by atoms with Crippen LogP contribution in [0.4, 0.5) is 0 Å². The van der Waals surface area contributed by atoms with Crippen molar-refractivity contribution in [3.8, 4) is 0 Å². The minimum atomic E-state index is 0.380. The van der Waals surface area contributed by atoms with Crippen LogP contribution in [-0.2, 0) is 0 Å². The van der Waals surface area contributed by atoms with Crippen LogP contribution in [0.1, 0.15) is 30.5 Å². The Morgan fingerprint density at radius 1 is 0.842 bits per heavy atom. The number of pyridine rings is 1. The summed E-state index contributed by atoms with van der Waals surface area (Å²) >= 11 is 0. The summed E-state index contributed by atoms with van der Waals surface area (Å²) in [6.45, 7) is 2.22. The fourth-order valence-electron chi connectivity index (χ4n) is 2.58. The zero-order chi connectivity index (χ0) is 13.1. The number of hydrogen-bond acceptors (Lipinski definition) is 1. The quantitative estimate of drug-likeness (QED) is 0.649. The largest absolute Gasteiger partial charge is 0.252 e. The summed E-state index contributed by atoms with van der Waals surface area (Å²) in [6.07, 6.45) is 1.06. The molecule has 0 aliphatic heterocycles. The van der Waals surface area contributed by atoms with E-state index in [2.05, 4.69) is 67.6 Å². The molecule has 0 amide bonds. The van der Waals surface area contributed by atoms with Crippen molar-refractivity contribution in [3.05, 3.63) is 78.0 Å². The molecule has 0 saturated carbocycles. The highest BCUT2D eigenvalue weighted by Crippen LogP contribution is 2.27. The number of hydrogen-bond donors (Lipinski definition) is 0. The first kappa shape index (κ1) is 11.9. The van der Waals surface area contributed by atoms with E-state index in [0.29, 0.717) is 5.92 Å². The number of para-hydroxylation sites is 1. The van der Waals surface area contributed by atoms with Crippen molar-refractivity contribution < 1.29 is 0 Å². The molecule has 1 atom stereocenters. The molecule has 1 heterocycles. The number of benzene rings is 2. The molecule has 3 aromatic rings. The molecule has 0 aliphatic carbocycles. The minimum absolute atomic E-state index is 0.380. The van der Waals surface area contributed by atoms with Gasteiger partial charge in [-0.3, -0.25) is 4.98 Å². The first-order valence-electron chi connectivity index (χ1n) is 6.79. The van der Waals surface area contributed by atoms with Crippen molar-refractivity contribution in [1.82, 2.24) is 4.98 Å². The molecule has 1 nitrogen and oxygen atoms in total. The molecule has 0 aliphatic rings. The van der Waals surface area contributed by atoms with Gasteiger partial charge in [0, 0.05) is 17.0 Å². The van der Waals surface area contributed by atoms with Crippen LogP contribution < -0.4 is 0 Å². The summed E-state index contributed by atoms with van der Waals surface area (Å²) in [5.74, 6) is 0.380. The standard InChI is InChI=1S/C18H17N/c1-2-16(14-8-4-3-5-9-14)18-13-12-15-10-6-7-11-17(15)19-18/h3-13,16H,2H2,1H3. The maximum Gasteiger partial charge on any atom is 0.0705 e. The summed E-state index contributed by atoms with van der Waals surface area (Å²) in [5, 5.41) is 1.20. The van der Waals surface area contributed by atoms with Gasteiger partial charge in [-0.2, -0.15) is 0 Å². The first-order chi connectivity index (χ1) is 9.38. The Balaban J connectivity index is 2.06. The normalized spacial score (nSPS) is 12.5. The average Bonchev–Trinajstić information content (AvgIpc) is 2.49. The lowest BCUT2D eigenvalue weighted by Crippen LogP contribution is -2.02. The predicted octanol–water partition coefficient (Wildman–Crippen LogP) is 4.78. The highest BCUT2D eigenvalue weighted by molar-refractivity contribution is 5.78. The second-order valence-electron chi connectivity index (χ2n) is 4.80. The maximum atomic E-state index is 4.82. The molecule has 1 unspecified atom stereocenters. The molecular weight excluding hydrogens is 230 g/mol.